The van der Waals surface area contributed by atoms with Crippen LogP contribution in [0.25, 0.3) is 0 Å². The van der Waals surface area contributed by atoms with E-state index >= 15 is 0 Å². The van der Waals surface area contributed by atoms with E-state index in [9.17, 15) is 18.8 Å². The number of hydrogen-bond acceptors (Lipinski definition) is 8. The van der Waals surface area contributed by atoms with Gasteiger partial charge in [-0.05, 0) is 92.1 Å². The van der Waals surface area contributed by atoms with E-state index in [1.54, 1.807) is 31.7 Å². The van der Waals surface area contributed by atoms with E-state index in [2.05, 4.69) is 5.32 Å². The lowest BCUT2D eigenvalue weighted by Gasteiger charge is -2.51. The van der Waals surface area contributed by atoms with Crippen LogP contribution in [-0.4, -0.2) is 84.7 Å². The second kappa shape index (κ2) is 14.0. The lowest BCUT2D eigenvalue weighted by atomic mass is 9.80. The number of hydrogen-bond donors (Lipinski definition) is 1. The molecule has 1 spiro atoms. The molecule has 2 aliphatic heterocycles. The molecule has 246 valence electrons. The van der Waals surface area contributed by atoms with E-state index < -0.39 is 40.7 Å². The summed E-state index contributed by atoms with van der Waals surface area (Å²) in [4.78, 5) is 39.4. The number of ether oxygens (including phenoxy) is 5. The molecule has 2 heterocycles. The number of rotatable bonds is 8. The van der Waals surface area contributed by atoms with Gasteiger partial charge < -0.3 is 33.9 Å². The molecule has 1 N–H and O–H groups in total. The van der Waals surface area contributed by atoms with E-state index in [0.29, 0.717) is 26.0 Å². The maximum Gasteiger partial charge on any atom is 0.410 e. The normalized spacial score (nSPS) is 26.2. The summed E-state index contributed by atoms with van der Waals surface area (Å²) in [5.74, 6) is -0.783. The van der Waals surface area contributed by atoms with Crippen LogP contribution >= 0.6 is 0 Å². The minimum absolute atomic E-state index is 0.00142. The number of likely N-dealkylation sites (tertiary alicyclic amines) is 1. The second-order valence-electron chi connectivity index (χ2n) is 14.1. The van der Waals surface area contributed by atoms with Gasteiger partial charge in [-0.3, -0.25) is 9.59 Å². The molecule has 2 saturated heterocycles. The third-order valence-corrected chi connectivity index (χ3v) is 8.22. The number of benzene rings is 1. The zero-order chi connectivity index (χ0) is 32.1. The van der Waals surface area contributed by atoms with E-state index in [1.165, 1.54) is 6.07 Å². The number of amides is 2. The molecule has 1 aromatic rings. The zero-order valence-corrected chi connectivity index (χ0v) is 27.0. The molecule has 11 heteroatoms. The van der Waals surface area contributed by atoms with E-state index in [-0.39, 0.29) is 49.9 Å². The first kappa shape index (κ1) is 34.0. The van der Waals surface area contributed by atoms with Gasteiger partial charge in [0.25, 0.3) is 0 Å². The second-order valence-corrected chi connectivity index (χ2v) is 14.1. The standard InChI is InChI=1S/C33H49FN2O8/c1-31(2,3)43-28(38)15-18-41-29-24(9-7-10-25(29)34)22-11-13-23(14-12-22)42-19-26-33(21-40-20-27(37)35-33)16-8-17-36(26)30(39)44-32(4,5)6/h7,9-10,22-23,26H,8,11-21H2,1-6H3,(H,35,37). The first-order chi connectivity index (χ1) is 20.7. The Morgan fingerprint density at radius 1 is 1.07 bits per heavy atom. The number of carbonyl (C=O) groups is 3. The summed E-state index contributed by atoms with van der Waals surface area (Å²) < 4.78 is 43.8. The molecule has 1 aliphatic carbocycles. The van der Waals surface area contributed by atoms with Crippen molar-refractivity contribution >= 4 is 18.0 Å². The highest BCUT2D eigenvalue weighted by Crippen LogP contribution is 2.40. The number of halogens is 1. The maximum absolute atomic E-state index is 14.9. The van der Waals surface area contributed by atoms with Crippen LogP contribution in [-0.2, 0) is 28.5 Å². The number of morpholine rings is 1. The van der Waals surface area contributed by atoms with E-state index in [1.807, 2.05) is 26.8 Å². The van der Waals surface area contributed by atoms with Gasteiger partial charge in [0.15, 0.2) is 11.6 Å². The third kappa shape index (κ3) is 9.06. The van der Waals surface area contributed by atoms with Gasteiger partial charge in [0, 0.05) is 12.1 Å². The topological polar surface area (TPSA) is 113 Å². The summed E-state index contributed by atoms with van der Waals surface area (Å²) in [7, 11) is 0. The Labute approximate surface area is 260 Å². The van der Waals surface area contributed by atoms with Crippen LogP contribution < -0.4 is 10.1 Å². The largest absolute Gasteiger partial charge is 0.490 e. The quantitative estimate of drug-likeness (QED) is 0.392. The highest BCUT2D eigenvalue weighted by molar-refractivity contribution is 5.79. The van der Waals surface area contributed by atoms with Crippen molar-refractivity contribution in [2.45, 2.75) is 121 Å². The summed E-state index contributed by atoms with van der Waals surface area (Å²) >= 11 is 0. The Balaban J connectivity index is 1.38. The van der Waals surface area contributed by atoms with Crippen LogP contribution in [0, 0.1) is 5.82 Å². The van der Waals surface area contributed by atoms with Crippen LogP contribution in [0.1, 0.15) is 98.0 Å². The number of nitrogens with zero attached hydrogens (tertiary/aromatic N) is 1. The van der Waals surface area contributed by atoms with Gasteiger partial charge in [0.1, 0.15) is 17.8 Å². The maximum atomic E-state index is 14.9. The highest BCUT2D eigenvalue weighted by Gasteiger charge is 2.50. The summed E-state index contributed by atoms with van der Waals surface area (Å²) in [6, 6.07) is 4.49. The van der Waals surface area contributed by atoms with Crippen molar-refractivity contribution in [1.82, 2.24) is 10.2 Å². The number of esters is 1. The first-order valence-electron chi connectivity index (χ1n) is 15.8. The Morgan fingerprint density at radius 2 is 1.77 bits per heavy atom. The minimum atomic E-state index is -0.741. The molecule has 2 amide bonds. The van der Waals surface area contributed by atoms with Gasteiger partial charge in [-0.1, -0.05) is 12.1 Å². The Kier molecular flexibility index (Phi) is 10.8. The monoisotopic (exact) mass is 620 g/mol. The predicted octanol–water partition coefficient (Wildman–Crippen LogP) is 5.26. The number of piperidine rings is 1. The summed E-state index contributed by atoms with van der Waals surface area (Å²) in [6.45, 7) is 11.9. The molecule has 2 atom stereocenters. The molecule has 44 heavy (non-hydrogen) atoms. The zero-order valence-electron chi connectivity index (χ0n) is 27.0. The van der Waals surface area contributed by atoms with Crippen LogP contribution in [0.3, 0.4) is 0 Å². The van der Waals surface area contributed by atoms with Crippen molar-refractivity contribution in [3.05, 3.63) is 29.6 Å². The van der Waals surface area contributed by atoms with Crippen molar-refractivity contribution in [2.24, 2.45) is 0 Å². The van der Waals surface area contributed by atoms with Crippen molar-refractivity contribution in [2.75, 3.05) is 33.0 Å². The number of carbonyl (C=O) groups excluding carboxylic acids is 3. The lowest BCUT2D eigenvalue weighted by Crippen LogP contribution is -2.72. The molecule has 0 bridgehead atoms. The first-order valence-corrected chi connectivity index (χ1v) is 15.8. The molecule has 3 aliphatic rings. The average molecular weight is 621 g/mol. The predicted molar refractivity (Wildman–Crippen MR) is 161 cm³/mol. The fraction of sp³-hybridized carbons (Fsp3) is 0.727. The van der Waals surface area contributed by atoms with Crippen molar-refractivity contribution < 1.29 is 42.5 Å². The van der Waals surface area contributed by atoms with Gasteiger partial charge in [0.2, 0.25) is 5.91 Å². The lowest BCUT2D eigenvalue weighted by molar-refractivity contribution is -0.155. The molecule has 0 radical (unpaired) electrons. The Morgan fingerprint density at radius 3 is 2.43 bits per heavy atom. The van der Waals surface area contributed by atoms with E-state index in [4.69, 9.17) is 23.7 Å². The molecular formula is C33H49FN2O8. The van der Waals surface area contributed by atoms with Crippen LogP contribution in [0.4, 0.5) is 9.18 Å². The van der Waals surface area contributed by atoms with Gasteiger partial charge in [-0.2, -0.15) is 0 Å². The molecule has 10 nitrogen and oxygen atoms in total. The van der Waals surface area contributed by atoms with Gasteiger partial charge >= 0.3 is 12.1 Å². The third-order valence-electron chi connectivity index (χ3n) is 8.22. The molecule has 1 saturated carbocycles. The Bertz CT molecular complexity index is 1170. The Hall–Kier alpha value is -2.92. The van der Waals surface area contributed by atoms with Crippen molar-refractivity contribution in [3.63, 3.8) is 0 Å². The minimum Gasteiger partial charge on any atom is -0.490 e. The smallest absolute Gasteiger partial charge is 0.410 e. The molecule has 0 aromatic heterocycles. The SMILES string of the molecule is CC(C)(C)OC(=O)CCOc1c(F)cccc1C1CCC(OCC2N(C(=O)OC(C)(C)C)CCCC23COCC(=O)N3)CC1. The number of para-hydroxylation sites is 1. The van der Waals surface area contributed by atoms with Gasteiger partial charge in [-0.15, -0.1) is 0 Å². The number of nitrogens with one attached hydrogen (secondary N) is 1. The molecule has 3 fully saturated rings. The van der Waals surface area contributed by atoms with E-state index in [0.717, 1.165) is 31.2 Å². The molecular weight excluding hydrogens is 571 g/mol. The van der Waals surface area contributed by atoms with Crippen molar-refractivity contribution in [3.8, 4) is 5.75 Å². The summed E-state index contributed by atoms with van der Waals surface area (Å²) in [6.07, 6.45) is 3.94. The van der Waals surface area contributed by atoms with Crippen LogP contribution in [0.5, 0.6) is 5.75 Å². The summed E-state index contributed by atoms with van der Waals surface area (Å²) in [5, 5.41) is 3.12. The van der Waals surface area contributed by atoms with Gasteiger partial charge in [0.05, 0.1) is 43.9 Å². The van der Waals surface area contributed by atoms with Crippen LogP contribution in [0.15, 0.2) is 18.2 Å². The van der Waals surface area contributed by atoms with Gasteiger partial charge in [-0.25, -0.2) is 9.18 Å². The van der Waals surface area contributed by atoms with Crippen molar-refractivity contribution in [1.29, 1.82) is 0 Å². The molecule has 4 rings (SSSR count). The fourth-order valence-corrected chi connectivity index (χ4v) is 6.36. The van der Waals surface area contributed by atoms with Crippen LogP contribution in [0.2, 0.25) is 0 Å². The fourth-order valence-electron chi connectivity index (χ4n) is 6.36. The summed E-state index contributed by atoms with van der Waals surface area (Å²) in [5.41, 5.74) is -1.20. The highest BCUT2D eigenvalue weighted by atomic mass is 19.1. The molecule has 1 aromatic carbocycles. The average Bonchev–Trinajstić information content (AvgIpc) is 2.91. The molecule has 2 unspecified atom stereocenters.